The molecule has 32 heavy (non-hydrogen) atoms. The van der Waals surface area contributed by atoms with E-state index in [1.54, 1.807) is 0 Å². The molecular formula is C26H27NO5. The minimum Gasteiger partial charge on any atom is -0.467 e. The van der Waals surface area contributed by atoms with Crippen LogP contribution in [0.3, 0.4) is 0 Å². The number of carbonyl (C=O) groups excluding carboxylic acids is 2. The lowest BCUT2D eigenvalue weighted by molar-refractivity contribution is -0.145. The molecule has 6 heteroatoms. The lowest BCUT2D eigenvalue weighted by atomic mass is 9.90. The van der Waals surface area contributed by atoms with Crippen LogP contribution in [0.1, 0.15) is 24.8 Å². The summed E-state index contributed by atoms with van der Waals surface area (Å²) in [7, 11) is 1.27. The Labute approximate surface area is 187 Å². The van der Waals surface area contributed by atoms with Crippen LogP contribution < -0.4 is 0 Å². The number of hydrogen-bond donors (Lipinski definition) is 1. The minimum absolute atomic E-state index is 0.0437. The molecule has 1 aliphatic carbocycles. The average Bonchev–Trinajstić information content (AvgIpc) is 3.22. The molecule has 0 spiro atoms. The molecule has 1 fully saturated rings. The van der Waals surface area contributed by atoms with Crippen molar-refractivity contribution in [2.45, 2.75) is 30.9 Å². The monoisotopic (exact) mass is 433 g/mol. The van der Waals surface area contributed by atoms with Crippen LogP contribution in [0.2, 0.25) is 0 Å². The lowest BCUT2D eigenvalue weighted by Crippen LogP contribution is -2.42. The molecule has 0 radical (unpaired) electrons. The van der Waals surface area contributed by atoms with E-state index in [2.05, 4.69) is 0 Å². The number of allylic oxidation sites excluding steroid dienone is 2. The molecule has 1 N–H and O–H groups in total. The average molecular weight is 434 g/mol. The van der Waals surface area contributed by atoms with Gasteiger partial charge in [0.15, 0.2) is 0 Å². The fourth-order valence-electron chi connectivity index (χ4n) is 4.24. The number of hydrogen-bond acceptors (Lipinski definition) is 5. The van der Waals surface area contributed by atoms with Gasteiger partial charge in [0.2, 0.25) is 0 Å². The maximum atomic E-state index is 12.8. The Morgan fingerprint density at radius 1 is 1.06 bits per heavy atom. The van der Waals surface area contributed by atoms with Gasteiger partial charge >= 0.3 is 12.1 Å². The number of methoxy groups -OCH3 is 1. The fraction of sp³-hybridized carbons (Fsp3) is 0.308. The Morgan fingerprint density at radius 3 is 2.44 bits per heavy atom. The third-order valence-electron chi connectivity index (χ3n) is 6.01. The summed E-state index contributed by atoms with van der Waals surface area (Å²) >= 11 is 0. The summed E-state index contributed by atoms with van der Waals surface area (Å²) in [6.45, 7) is 0.0785. The Bertz CT molecular complexity index is 1030. The summed E-state index contributed by atoms with van der Waals surface area (Å²) in [4.78, 5) is 26.5. The van der Waals surface area contributed by atoms with Gasteiger partial charge in [-0.05, 0) is 35.1 Å². The predicted octanol–water partition coefficient (Wildman–Crippen LogP) is 4.20. The molecule has 2 aromatic carbocycles. The van der Waals surface area contributed by atoms with Gasteiger partial charge in [-0.1, -0.05) is 72.8 Å². The highest BCUT2D eigenvalue weighted by Crippen LogP contribution is 2.37. The van der Waals surface area contributed by atoms with Gasteiger partial charge in [0.25, 0.3) is 0 Å². The molecular weight excluding hydrogens is 406 g/mol. The van der Waals surface area contributed by atoms with Gasteiger partial charge < -0.3 is 14.6 Å². The predicted molar refractivity (Wildman–Crippen MR) is 121 cm³/mol. The Balaban J connectivity index is 1.51. The summed E-state index contributed by atoms with van der Waals surface area (Å²) in [6.07, 6.45) is 7.29. The molecule has 4 rings (SSSR count). The maximum absolute atomic E-state index is 12.8. The topological polar surface area (TPSA) is 76.1 Å². The van der Waals surface area contributed by atoms with Crippen LogP contribution in [0.15, 0.2) is 78.4 Å². The van der Waals surface area contributed by atoms with Gasteiger partial charge in [0.1, 0.15) is 18.2 Å². The largest absolute Gasteiger partial charge is 0.467 e. The zero-order valence-corrected chi connectivity index (χ0v) is 18.1. The first-order chi connectivity index (χ1) is 15.5. The summed E-state index contributed by atoms with van der Waals surface area (Å²) in [5, 5.41) is 11.4. The number of nitrogens with zero attached hydrogens (tertiary/aromatic N) is 1. The molecule has 1 amide bonds. The van der Waals surface area contributed by atoms with Crippen LogP contribution in [-0.2, 0) is 19.9 Å². The maximum Gasteiger partial charge on any atom is 0.410 e. The second kappa shape index (κ2) is 9.40. The van der Waals surface area contributed by atoms with Gasteiger partial charge in [0, 0.05) is 6.42 Å². The smallest absolute Gasteiger partial charge is 0.410 e. The van der Waals surface area contributed by atoms with E-state index in [9.17, 15) is 14.7 Å². The highest BCUT2D eigenvalue weighted by Gasteiger charge is 2.50. The third kappa shape index (κ3) is 4.60. The van der Waals surface area contributed by atoms with Gasteiger partial charge in [-0.2, -0.15) is 0 Å². The first-order valence-electron chi connectivity index (χ1n) is 10.8. The van der Waals surface area contributed by atoms with Crippen LogP contribution in [0.5, 0.6) is 0 Å². The van der Waals surface area contributed by atoms with Gasteiger partial charge in [-0.15, -0.1) is 0 Å². The van der Waals surface area contributed by atoms with E-state index >= 15 is 0 Å². The summed E-state index contributed by atoms with van der Waals surface area (Å²) in [5.41, 5.74) is 2.27. The first-order valence-corrected chi connectivity index (χ1v) is 10.8. The summed E-state index contributed by atoms with van der Waals surface area (Å²) in [6, 6.07) is 16.5. The fourth-order valence-corrected chi connectivity index (χ4v) is 4.24. The molecule has 1 heterocycles. The van der Waals surface area contributed by atoms with Crippen molar-refractivity contribution in [1.82, 2.24) is 4.90 Å². The molecule has 2 aliphatic rings. The van der Waals surface area contributed by atoms with Crippen molar-refractivity contribution in [3.63, 3.8) is 0 Å². The normalized spacial score (nSPS) is 22.4. The number of carbonyl (C=O) groups is 2. The molecule has 2 aromatic rings. The van der Waals surface area contributed by atoms with Crippen LogP contribution in [-0.4, -0.2) is 48.4 Å². The number of β-amino-alcohol motifs (C(OH)–C–C–N with tert-alkyl or cyclic N) is 1. The molecule has 1 aliphatic heterocycles. The SMILES string of the molecule is COC(=O)[C@@H]1C[C@@](O)(c2ccc(-c3ccccc3)cc2)CN1C(=O)OCC1=CCCC=C1. The van der Waals surface area contributed by atoms with Crippen LogP contribution >= 0.6 is 0 Å². The van der Waals surface area contributed by atoms with E-state index in [4.69, 9.17) is 9.47 Å². The van der Waals surface area contributed by atoms with Crippen LogP contribution in [0.4, 0.5) is 4.79 Å². The Kier molecular flexibility index (Phi) is 6.42. The van der Waals surface area contributed by atoms with E-state index in [0.29, 0.717) is 5.56 Å². The lowest BCUT2D eigenvalue weighted by Gasteiger charge is -2.24. The molecule has 0 saturated carbocycles. The van der Waals surface area contributed by atoms with E-state index in [-0.39, 0.29) is 19.6 Å². The Hall–Kier alpha value is -3.38. The van der Waals surface area contributed by atoms with E-state index in [1.165, 1.54) is 12.0 Å². The van der Waals surface area contributed by atoms with Crippen molar-refractivity contribution >= 4 is 12.1 Å². The number of aliphatic hydroxyl groups is 1. The van der Waals surface area contributed by atoms with Crippen molar-refractivity contribution in [2.75, 3.05) is 20.3 Å². The first kappa shape index (κ1) is 21.8. The number of rotatable bonds is 5. The van der Waals surface area contributed by atoms with Crippen LogP contribution in [0, 0.1) is 0 Å². The van der Waals surface area contributed by atoms with E-state index < -0.39 is 23.7 Å². The molecule has 166 valence electrons. The number of benzene rings is 2. The second-order valence-corrected chi connectivity index (χ2v) is 8.16. The van der Waals surface area contributed by atoms with Gasteiger partial charge in [0.05, 0.1) is 13.7 Å². The minimum atomic E-state index is -1.38. The van der Waals surface area contributed by atoms with Crippen molar-refractivity contribution in [3.8, 4) is 11.1 Å². The van der Waals surface area contributed by atoms with Crippen molar-refractivity contribution in [3.05, 3.63) is 84.0 Å². The standard InChI is InChI=1S/C26H27NO5/c1-31-24(28)23-16-26(30,18-27(23)25(29)32-17-19-8-4-2-5-9-19)22-14-12-21(13-15-22)20-10-6-3-7-11-20/h3-4,6-15,23,30H,2,5,16-18H2,1H3/t23-,26-/m0/s1. The zero-order valence-electron chi connectivity index (χ0n) is 18.1. The number of ether oxygens (including phenoxy) is 2. The third-order valence-corrected chi connectivity index (χ3v) is 6.01. The molecule has 0 bridgehead atoms. The summed E-state index contributed by atoms with van der Waals surface area (Å²) < 4.78 is 10.3. The molecule has 0 unspecified atom stereocenters. The van der Waals surface area contributed by atoms with Crippen molar-refractivity contribution < 1.29 is 24.2 Å². The second-order valence-electron chi connectivity index (χ2n) is 8.16. The number of amides is 1. The van der Waals surface area contributed by atoms with Crippen LogP contribution in [0.25, 0.3) is 11.1 Å². The van der Waals surface area contributed by atoms with Gasteiger partial charge in [-0.3, -0.25) is 4.90 Å². The van der Waals surface area contributed by atoms with E-state index in [0.717, 1.165) is 29.5 Å². The van der Waals surface area contributed by atoms with Crippen molar-refractivity contribution in [2.24, 2.45) is 0 Å². The highest BCUT2D eigenvalue weighted by molar-refractivity contribution is 5.82. The molecule has 6 nitrogen and oxygen atoms in total. The summed E-state index contributed by atoms with van der Waals surface area (Å²) in [5.74, 6) is -0.574. The molecule has 0 aromatic heterocycles. The van der Waals surface area contributed by atoms with Crippen molar-refractivity contribution in [1.29, 1.82) is 0 Å². The highest BCUT2D eigenvalue weighted by atomic mass is 16.6. The number of esters is 1. The zero-order chi connectivity index (χ0) is 22.6. The van der Waals surface area contributed by atoms with E-state index in [1.807, 2.05) is 72.8 Å². The quantitative estimate of drug-likeness (QED) is 0.715. The number of likely N-dealkylation sites (tertiary alicyclic amines) is 1. The van der Waals surface area contributed by atoms with Gasteiger partial charge in [-0.25, -0.2) is 9.59 Å². The molecule has 2 atom stereocenters. The molecule has 1 saturated heterocycles. The Morgan fingerprint density at radius 2 is 1.78 bits per heavy atom.